The third-order valence-corrected chi connectivity index (χ3v) is 4.52. The number of carbonyl (C=O) groups is 2. The number of amides is 2. The van der Waals surface area contributed by atoms with Gasteiger partial charge in [-0.05, 0) is 36.4 Å². The monoisotopic (exact) mass is 393 g/mol. The minimum atomic E-state index is -0.265. The Hall–Kier alpha value is -3.79. The van der Waals surface area contributed by atoms with E-state index in [4.69, 9.17) is 10.5 Å². The van der Waals surface area contributed by atoms with E-state index in [0.29, 0.717) is 43.2 Å². The van der Waals surface area contributed by atoms with Gasteiger partial charge in [0.25, 0.3) is 11.8 Å². The Morgan fingerprint density at radius 2 is 1.72 bits per heavy atom. The van der Waals surface area contributed by atoms with E-state index in [0.717, 1.165) is 0 Å². The quantitative estimate of drug-likeness (QED) is 0.676. The van der Waals surface area contributed by atoms with E-state index in [1.54, 1.807) is 53.7 Å². The predicted molar refractivity (Wildman–Crippen MR) is 105 cm³/mol. The van der Waals surface area contributed by atoms with E-state index < -0.39 is 0 Å². The van der Waals surface area contributed by atoms with Crippen molar-refractivity contribution in [2.24, 2.45) is 0 Å². The van der Waals surface area contributed by atoms with E-state index in [-0.39, 0.29) is 23.3 Å². The molecule has 10 nitrogen and oxygen atoms in total. The van der Waals surface area contributed by atoms with Crippen LogP contribution in [-0.2, 0) is 4.74 Å². The molecule has 2 aromatic heterocycles. The highest BCUT2D eigenvalue weighted by atomic mass is 16.5. The molecule has 0 unspecified atom stereocenters. The van der Waals surface area contributed by atoms with Crippen LogP contribution in [0.25, 0.3) is 5.69 Å². The third-order valence-electron chi connectivity index (χ3n) is 4.52. The largest absolute Gasteiger partial charge is 0.382 e. The fourth-order valence-electron chi connectivity index (χ4n) is 2.94. The molecular formula is C19H19N7O3. The molecule has 2 amide bonds. The Labute approximate surface area is 166 Å². The summed E-state index contributed by atoms with van der Waals surface area (Å²) >= 11 is 0. The lowest BCUT2D eigenvalue weighted by atomic mass is 10.2. The minimum Gasteiger partial charge on any atom is -0.382 e. The van der Waals surface area contributed by atoms with Gasteiger partial charge in [-0.2, -0.15) is 4.68 Å². The van der Waals surface area contributed by atoms with Crippen LogP contribution in [-0.4, -0.2) is 63.0 Å². The van der Waals surface area contributed by atoms with Gasteiger partial charge >= 0.3 is 0 Å². The molecule has 0 bridgehead atoms. The fraction of sp³-hybridized carbons (Fsp3) is 0.211. The number of nitrogens with one attached hydrogen (secondary N) is 1. The number of pyridine rings is 1. The maximum Gasteiger partial charge on any atom is 0.278 e. The van der Waals surface area contributed by atoms with Gasteiger partial charge in [0.2, 0.25) is 0 Å². The maximum atomic E-state index is 12.6. The Bertz CT molecular complexity index is 1010. The van der Waals surface area contributed by atoms with Crippen LogP contribution in [0, 0.1) is 0 Å². The first kappa shape index (κ1) is 18.6. The van der Waals surface area contributed by atoms with Crippen molar-refractivity contribution in [1.29, 1.82) is 0 Å². The SMILES string of the molecule is Nc1c(C(=O)N2CCOCC2)nnn1-c1ccc(NC(=O)c2ccncc2)cc1. The number of morpholine rings is 1. The molecule has 4 rings (SSSR count). The molecule has 3 heterocycles. The average molecular weight is 393 g/mol. The summed E-state index contributed by atoms with van der Waals surface area (Å²) in [6, 6.07) is 10.2. The summed E-state index contributed by atoms with van der Waals surface area (Å²) in [4.78, 5) is 30.3. The molecule has 0 radical (unpaired) electrons. The van der Waals surface area contributed by atoms with Gasteiger partial charge in [0.05, 0.1) is 18.9 Å². The minimum absolute atomic E-state index is 0.113. The zero-order valence-corrected chi connectivity index (χ0v) is 15.5. The Balaban J connectivity index is 1.48. The van der Waals surface area contributed by atoms with Crippen molar-refractivity contribution < 1.29 is 14.3 Å². The lowest BCUT2D eigenvalue weighted by Crippen LogP contribution is -2.41. The number of anilines is 2. The summed E-state index contributed by atoms with van der Waals surface area (Å²) < 4.78 is 6.65. The van der Waals surface area contributed by atoms with Crippen molar-refractivity contribution in [3.8, 4) is 5.69 Å². The second-order valence-corrected chi connectivity index (χ2v) is 6.38. The zero-order valence-electron chi connectivity index (χ0n) is 15.5. The molecular weight excluding hydrogens is 374 g/mol. The van der Waals surface area contributed by atoms with Gasteiger partial charge in [-0.25, -0.2) is 0 Å². The van der Waals surface area contributed by atoms with Crippen molar-refractivity contribution in [1.82, 2.24) is 24.9 Å². The van der Waals surface area contributed by atoms with Gasteiger partial charge in [-0.1, -0.05) is 5.21 Å². The molecule has 0 atom stereocenters. The molecule has 1 saturated heterocycles. The molecule has 0 aliphatic carbocycles. The van der Waals surface area contributed by atoms with Crippen LogP contribution in [0.1, 0.15) is 20.8 Å². The van der Waals surface area contributed by atoms with E-state index >= 15 is 0 Å². The smallest absolute Gasteiger partial charge is 0.278 e. The lowest BCUT2D eigenvalue weighted by molar-refractivity contribution is 0.0299. The number of hydrogen-bond acceptors (Lipinski definition) is 7. The number of rotatable bonds is 4. The molecule has 10 heteroatoms. The average Bonchev–Trinajstić information content (AvgIpc) is 3.16. The molecule has 1 aromatic carbocycles. The number of nitrogens with zero attached hydrogens (tertiary/aromatic N) is 5. The molecule has 1 aliphatic rings. The van der Waals surface area contributed by atoms with E-state index in [1.165, 1.54) is 4.68 Å². The van der Waals surface area contributed by atoms with E-state index in [2.05, 4.69) is 20.6 Å². The van der Waals surface area contributed by atoms with Crippen molar-refractivity contribution in [2.45, 2.75) is 0 Å². The molecule has 3 N–H and O–H groups in total. The molecule has 3 aromatic rings. The summed E-state index contributed by atoms with van der Waals surface area (Å²) in [5.41, 5.74) is 7.98. The van der Waals surface area contributed by atoms with Crippen molar-refractivity contribution >= 4 is 23.3 Å². The van der Waals surface area contributed by atoms with Crippen molar-refractivity contribution in [3.63, 3.8) is 0 Å². The van der Waals surface area contributed by atoms with Crippen molar-refractivity contribution in [2.75, 3.05) is 37.4 Å². The summed E-state index contributed by atoms with van der Waals surface area (Å²) in [6.07, 6.45) is 3.11. The lowest BCUT2D eigenvalue weighted by Gasteiger charge is -2.26. The van der Waals surface area contributed by atoms with Crippen molar-refractivity contribution in [3.05, 3.63) is 60.0 Å². The molecule has 148 valence electrons. The second-order valence-electron chi connectivity index (χ2n) is 6.38. The van der Waals surface area contributed by atoms with Crippen LogP contribution in [0.2, 0.25) is 0 Å². The Morgan fingerprint density at radius 3 is 2.41 bits per heavy atom. The van der Waals surface area contributed by atoms with Crippen LogP contribution in [0.15, 0.2) is 48.8 Å². The Morgan fingerprint density at radius 1 is 1.03 bits per heavy atom. The summed E-state index contributed by atoms with van der Waals surface area (Å²) in [6.45, 7) is 1.98. The highest BCUT2D eigenvalue weighted by Crippen LogP contribution is 2.19. The van der Waals surface area contributed by atoms with Crippen LogP contribution in [0.5, 0.6) is 0 Å². The number of nitrogen functional groups attached to an aromatic ring is 1. The van der Waals surface area contributed by atoms with Crippen LogP contribution in [0.3, 0.4) is 0 Å². The normalized spacial score (nSPS) is 13.9. The topological polar surface area (TPSA) is 128 Å². The van der Waals surface area contributed by atoms with Gasteiger partial charge in [-0.15, -0.1) is 5.10 Å². The number of benzene rings is 1. The number of aromatic nitrogens is 4. The number of nitrogens with two attached hydrogens (primary N) is 1. The number of carbonyl (C=O) groups excluding carboxylic acids is 2. The molecule has 29 heavy (non-hydrogen) atoms. The molecule has 1 aliphatic heterocycles. The van der Waals surface area contributed by atoms with Crippen LogP contribution < -0.4 is 11.1 Å². The maximum absolute atomic E-state index is 12.6. The second kappa shape index (κ2) is 8.07. The molecule has 0 spiro atoms. The number of ether oxygens (including phenoxy) is 1. The standard InChI is InChI=1S/C19H19N7O3/c20-17-16(19(28)25-9-11-29-12-10-25)23-24-26(17)15-3-1-14(2-4-15)22-18(27)13-5-7-21-8-6-13/h1-8H,9-12,20H2,(H,22,27). The summed E-state index contributed by atoms with van der Waals surface area (Å²) in [5.74, 6) is -0.341. The van der Waals surface area contributed by atoms with Crippen LogP contribution in [0.4, 0.5) is 11.5 Å². The van der Waals surface area contributed by atoms with Crippen LogP contribution >= 0.6 is 0 Å². The Kier molecular flexibility index (Phi) is 5.16. The molecule has 1 fully saturated rings. The first-order chi connectivity index (χ1) is 14.1. The number of hydrogen-bond donors (Lipinski definition) is 2. The predicted octanol–water partition coefficient (Wildman–Crippen LogP) is 0.969. The van der Waals surface area contributed by atoms with Gasteiger partial charge in [-0.3, -0.25) is 14.6 Å². The fourth-order valence-corrected chi connectivity index (χ4v) is 2.94. The first-order valence-corrected chi connectivity index (χ1v) is 9.03. The molecule has 0 saturated carbocycles. The highest BCUT2D eigenvalue weighted by molar-refractivity contribution is 6.04. The summed E-state index contributed by atoms with van der Waals surface area (Å²) in [7, 11) is 0. The van der Waals surface area contributed by atoms with Gasteiger partial charge < -0.3 is 20.7 Å². The third kappa shape index (κ3) is 3.92. The first-order valence-electron chi connectivity index (χ1n) is 9.03. The van der Waals surface area contributed by atoms with E-state index in [1.807, 2.05) is 0 Å². The highest BCUT2D eigenvalue weighted by Gasteiger charge is 2.25. The zero-order chi connectivity index (χ0) is 20.2. The van der Waals surface area contributed by atoms with Gasteiger partial charge in [0, 0.05) is 36.7 Å². The summed E-state index contributed by atoms with van der Waals surface area (Å²) in [5, 5.41) is 10.8. The van der Waals surface area contributed by atoms with E-state index in [9.17, 15) is 9.59 Å². The van der Waals surface area contributed by atoms with Gasteiger partial charge in [0.15, 0.2) is 11.5 Å². The van der Waals surface area contributed by atoms with Gasteiger partial charge in [0.1, 0.15) is 0 Å².